The zero-order valence-electron chi connectivity index (χ0n) is 10.1. The number of nitrogens with one attached hydrogen (secondary N) is 1. The number of hydrogen-bond acceptors (Lipinski definition) is 5. The predicted molar refractivity (Wildman–Crippen MR) is 72.5 cm³/mol. The molecule has 5 nitrogen and oxygen atoms in total. The van der Waals surface area contributed by atoms with Gasteiger partial charge in [0.25, 0.3) is 0 Å². The van der Waals surface area contributed by atoms with E-state index in [-0.39, 0.29) is 5.82 Å². The molecule has 0 spiro atoms. The number of nitrogens with two attached hydrogens (primary N) is 1. The first kappa shape index (κ1) is 12.4. The van der Waals surface area contributed by atoms with E-state index in [4.69, 9.17) is 22.1 Å². The number of anilines is 3. The van der Waals surface area contributed by atoms with Gasteiger partial charge in [0, 0.05) is 0 Å². The Hall–Kier alpha value is -2.01. The van der Waals surface area contributed by atoms with Crippen LogP contribution in [0.2, 0.25) is 5.02 Å². The van der Waals surface area contributed by atoms with Crippen molar-refractivity contribution in [2.75, 3.05) is 18.2 Å². The van der Waals surface area contributed by atoms with E-state index in [9.17, 15) is 0 Å². The third-order valence-corrected chi connectivity index (χ3v) is 2.80. The van der Waals surface area contributed by atoms with Crippen LogP contribution in [0.1, 0.15) is 5.56 Å². The molecule has 1 aromatic carbocycles. The molecule has 1 aromatic heterocycles. The molecule has 0 aliphatic carbocycles. The Morgan fingerprint density at radius 1 is 1.33 bits per heavy atom. The van der Waals surface area contributed by atoms with Gasteiger partial charge in [0.2, 0.25) is 0 Å². The van der Waals surface area contributed by atoms with Crippen LogP contribution in [-0.4, -0.2) is 17.1 Å². The lowest BCUT2D eigenvalue weighted by molar-refractivity contribution is 0.416. The first-order valence-corrected chi connectivity index (χ1v) is 5.67. The number of nitrogen functional groups attached to an aromatic ring is 1. The van der Waals surface area contributed by atoms with Gasteiger partial charge >= 0.3 is 0 Å². The molecule has 3 N–H and O–H groups in total. The summed E-state index contributed by atoms with van der Waals surface area (Å²) in [6.07, 6.45) is 1.35. The topological polar surface area (TPSA) is 73.1 Å². The van der Waals surface area contributed by atoms with Gasteiger partial charge in [0.1, 0.15) is 22.9 Å². The summed E-state index contributed by atoms with van der Waals surface area (Å²) in [4.78, 5) is 7.85. The number of benzene rings is 1. The second-order valence-corrected chi connectivity index (χ2v) is 4.13. The zero-order chi connectivity index (χ0) is 13.1. The molecule has 2 aromatic rings. The third-order valence-electron chi connectivity index (χ3n) is 2.42. The Bertz CT molecular complexity index is 574. The number of nitrogens with zero attached hydrogens (tertiary/aromatic N) is 2. The molecule has 6 heteroatoms. The monoisotopic (exact) mass is 264 g/mol. The van der Waals surface area contributed by atoms with Crippen molar-refractivity contribution in [3.8, 4) is 5.75 Å². The predicted octanol–water partition coefficient (Wildman–Crippen LogP) is 2.77. The van der Waals surface area contributed by atoms with Gasteiger partial charge < -0.3 is 15.8 Å². The molecule has 0 aliphatic heterocycles. The fourth-order valence-corrected chi connectivity index (χ4v) is 1.66. The van der Waals surface area contributed by atoms with Crippen LogP contribution in [0.3, 0.4) is 0 Å². The highest BCUT2D eigenvalue weighted by Crippen LogP contribution is 2.31. The molecule has 2 rings (SSSR count). The van der Waals surface area contributed by atoms with Crippen molar-refractivity contribution < 1.29 is 4.74 Å². The molecule has 0 bridgehead atoms. The van der Waals surface area contributed by atoms with Gasteiger partial charge in [-0.1, -0.05) is 17.7 Å². The number of hydrogen-bond donors (Lipinski definition) is 2. The molecular formula is C12H13ClN4O. The second kappa shape index (κ2) is 5.10. The van der Waals surface area contributed by atoms with E-state index >= 15 is 0 Å². The Kier molecular flexibility index (Phi) is 3.53. The molecule has 0 saturated heterocycles. The number of aromatic nitrogens is 2. The zero-order valence-corrected chi connectivity index (χ0v) is 10.8. The number of aryl methyl sites for hydroxylation is 1. The summed E-state index contributed by atoms with van der Waals surface area (Å²) >= 11 is 6.03. The highest BCUT2D eigenvalue weighted by molar-refractivity contribution is 6.35. The van der Waals surface area contributed by atoms with Crippen LogP contribution in [0.4, 0.5) is 17.3 Å². The van der Waals surface area contributed by atoms with Gasteiger partial charge in [-0.3, -0.25) is 0 Å². The molecule has 0 amide bonds. The Morgan fingerprint density at radius 2 is 2.11 bits per heavy atom. The van der Waals surface area contributed by atoms with Crippen molar-refractivity contribution in [1.82, 2.24) is 9.97 Å². The third kappa shape index (κ3) is 2.46. The SMILES string of the molecule is COc1ccc(C)cc1Nc1ncnc(N)c1Cl. The average Bonchev–Trinajstić information content (AvgIpc) is 2.35. The smallest absolute Gasteiger partial charge is 0.154 e. The lowest BCUT2D eigenvalue weighted by Gasteiger charge is -2.12. The maximum absolute atomic E-state index is 6.03. The van der Waals surface area contributed by atoms with Gasteiger partial charge in [0.15, 0.2) is 5.82 Å². The molecule has 0 saturated carbocycles. The average molecular weight is 265 g/mol. The highest BCUT2D eigenvalue weighted by atomic mass is 35.5. The van der Waals surface area contributed by atoms with E-state index in [0.717, 1.165) is 11.3 Å². The summed E-state index contributed by atoms with van der Waals surface area (Å²) < 4.78 is 5.26. The van der Waals surface area contributed by atoms with Gasteiger partial charge in [-0.15, -0.1) is 0 Å². The summed E-state index contributed by atoms with van der Waals surface area (Å²) in [5, 5.41) is 3.38. The quantitative estimate of drug-likeness (QED) is 0.892. The van der Waals surface area contributed by atoms with Crippen molar-refractivity contribution in [2.45, 2.75) is 6.92 Å². The van der Waals surface area contributed by atoms with Gasteiger partial charge in [-0.25, -0.2) is 9.97 Å². The van der Waals surface area contributed by atoms with Gasteiger partial charge in [-0.2, -0.15) is 0 Å². The molecule has 0 aliphatic rings. The summed E-state index contributed by atoms with van der Waals surface area (Å²) in [6.45, 7) is 1.99. The molecule has 0 radical (unpaired) electrons. The van der Waals surface area contributed by atoms with Crippen LogP contribution in [0.25, 0.3) is 0 Å². The fraction of sp³-hybridized carbons (Fsp3) is 0.167. The van der Waals surface area contributed by atoms with Crippen LogP contribution < -0.4 is 15.8 Å². The molecular weight excluding hydrogens is 252 g/mol. The van der Waals surface area contributed by atoms with Crippen LogP contribution in [0.5, 0.6) is 5.75 Å². The molecule has 0 atom stereocenters. The molecule has 0 unspecified atom stereocenters. The maximum atomic E-state index is 6.03. The second-order valence-electron chi connectivity index (χ2n) is 3.75. The number of rotatable bonds is 3. The van der Waals surface area contributed by atoms with Crippen molar-refractivity contribution in [3.05, 3.63) is 35.1 Å². The van der Waals surface area contributed by atoms with Crippen molar-refractivity contribution in [3.63, 3.8) is 0 Å². The number of halogens is 1. The summed E-state index contributed by atoms with van der Waals surface area (Å²) in [5.74, 6) is 1.39. The van der Waals surface area contributed by atoms with Crippen LogP contribution in [0.15, 0.2) is 24.5 Å². The largest absolute Gasteiger partial charge is 0.495 e. The van der Waals surface area contributed by atoms with E-state index in [1.165, 1.54) is 6.33 Å². The van der Waals surface area contributed by atoms with Crippen LogP contribution in [0, 0.1) is 6.92 Å². The Labute approximate surface area is 110 Å². The molecule has 94 valence electrons. The van der Waals surface area contributed by atoms with E-state index in [0.29, 0.717) is 16.6 Å². The Morgan fingerprint density at radius 3 is 2.83 bits per heavy atom. The van der Waals surface area contributed by atoms with Crippen LogP contribution >= 0.6 is 11.6 Å². The van der Waals surface area contributed by atoms with Crippen LogP contribution in [-0.2, 0) is 0 Å². The van der Waals surface area contributed by atoms with E-state index in [1.54, 1.807) is 7.11 Å². The lowest BCUT2D eigenvalue weighted by Crippen LogP contribution is -2.01. The standard InChI is InChI=1S/C12H13ClN4O/c1-7-3-4-9(18-2)8(5-7)17-12-10(13)11(14)15-6-16-12/h3-6H,1-2H3,(H3,14,15,16,17). The van der Waals surface area contributed by atoms with Crippen molar-refractivity contribution in [1.29, 1.82) is 0 Å². The molecule has 0 fully saturated rings. The Balaban J connectivity index is 2.39. The normalized spacial score (nSPS) is 10.2. The van der Waals surface area contributed by atoms with E-state index < -0.39 is 0 Å². The minimum Gasteiger partial charge on any atom is -0.495 e. The van der Waals surface area contributed by atoms with Crippen molar-refractivity contribution >= 4 is 28.9 Å². The lowest BCUT2D eigenvalue weighted by atomic mass is 10.2. The summed E-state index contributed by atoms with van der Waals surface area (Å²) in [7, 11) is 1.60. The molecule has 1 heterocycles. The number of methoxy groups -OCH3 is 1. The van der Waals surface area contributed by atoms with Gasteiger partial charge in [0.05, 0.1) is 12.8 Å². The van der Waals surface area contributed by atoms with Crippen molar-refractivity contribution in [2.24, 2.45) is 0 Å². The minimum atomic E-state index is 0.237. The summed E-state index contributed by atoms with van der Waals surface area (Å²) in [5.41, 5.74) is 7.49. The number of ether oxygens (including phenoxy) is 1. The highest BCUT2D eigenvalue weighted by Gasteiger charge is 2.09. The van der Waals surface area contributed by atoms with Gasteiger partial charge in [-0.05, 0) is 24.6 Å². The fourth-order valence-electron chi connectivity index (χ4n) is 1.52. The summed E-state index contributed by atoms with van der Waals surface area (Å²) in [6, 6.07) is 5.77. The molecule has 18 heavy (non-hydrogen) atoms. The maximum Gasteiger partial charge on any atom is 0.154 e. The first-order valence-electron chi connectivity index (χ1n) is 5.29. The minimum absolute atomic E-state index is 0.237. The first-order chi connectivity index (χ1) is 8.61. The van der Waals surface area contributed by atoms with E-state index in [1.807, 2.05) is 25.1 Å². The van der Waals surface area contributed by atoms with E-state index in [2.05, 4.69) is 15.3 Å².